The molecule has 10 heteroatoms. The van der Waals surface area contributed by atoms with Crippen LogP contribution in [-0.2, 0) is 16.6 Å². The number of amides is 1. The Labute approximate surface area is 165 Å². The van der Waals surface area contributed by atoms with Crippen LogP contribution in [0.2, 0.25) is 0 Å². The van der Waals surface area contributed by atoms with Crippen molar-refractivity contribution >= 4 is 38.6 Å². The number of nitrogens with one attached hydrogen (secondary N) is 2. The van der Waals surface area contributed by atoms with E-state index in [9.17, 15) is 23.3 Å². The van der Waals surface area contributed by atoms with Gasteiger partial charge in [-0.3, -0.25) is 19.6 Å². The molecule has 3 rings (SSSR count). The molecule has 8 nitrogen and oxygen atoms in total. The number of nitro benzene ring substituents is 1. The van der Waals surface area contributed by atoms with E-state index in [0.717, 1.165) is 10.9 Å². The van der Waals surface area contributed by atoms with Gasteiger partial charge < -0.3 is 5.32 Å². The van der Waals surface area contributed by atoms with Gasteiger partial charge >= 0.3 is 0 Å². The summed E-state index contributed by atoms with van der Waals surface area (Å²) in [7, 11) is -4.00. The highest BCUT2D eigenvalue weighted by Crippen LogP contribution is 2.21. The molecule has 1 aromatic heterocycles. The van der Waals surface area contributed by atoms with Crippen molar-refractivity contribution in [3.05, 3.63) is 86.6 Å². The van der Waals surface area contributed by atoms with Crippen LogP contribution in [-0.4, -0.2) is 19.2 Å². The van der Waals surface area contributed by atoms with E-state index < -0.39 is 14.9 Å². The molecule has 0 bridgehead atoms. The largest absolute Gasteiger partial charge is 0.347 e. The zero-order valence-electron chi connectivity index (χ0n) is 14.4. The quantitative estimate of drug-likeness (QED) is 0.451. The van der Waals surface area contributed by atoms with Gasteiger partial charge in [0.1, 0.15) is 0 Å². The van der Waals surface area contributed by atoms with Crippen LogP contribution in [0.5, 0.6) is 0 Å². The molecular formula is C18H15N3O5S2. The van der Waals surface area contributed by atoms with Gasteiger partial charge in [-0.1, -0.05) is 12.1 Å². The molecule has 0 atom stereocenters. The van der Waals surface area contributed by atoms with Crippen LogP contribution in [0.4, 0.5) is 11.4 Å². The zero-order chi connectivity index (χ0) is 20.1. The van der Waals surface area contributed by atoms with Gasteiger partial charge in [0.05, 0.1) is 16.4 Å². The number of hydrogen-bond acceptors (Lipinski definition) is 6. The number of sulfonamides is 1. The summed E-state index contributed by atoms with van der Waals surface area (Å²) in [4.78, 5) is 23.1. The number of nitrogens with zero attached hydrogens (tertiary/aromatic N) is 1. The molecule has 0 aliphatic rings. The minimum absolute atomic E-state index is 0.223. The second kappa shape index (κ2) is 8.19. The van der Waals surface area contributed by atoms with Crippen LogP contribution in [0.15, 0.2) is 70.9 Å². The number of thiophene rings is 1. The van der Waals surface area contributed by atoms with Gasteiger partial charge in [-0.15, -0.1) is 11.3 Å². The lowest BCUT2D eigenvalue weighted by Crippen LogP contribution is -2.22. The number of hydrogen-bond donors (Lipinski definition) is 2. The Morgan fingerprint density at radius 1 is 1.07 bits per heavy atom. The normalized spacial score (nSPS) is 11.0. The molecule has 0 fully saturated rings. The molecule has 28 heavy (non-hydrogen) atoms. The number of non-ortho nitro benzene ring substituents is 1. The zero-order valence-corrected chi connectivity index (χ0v) is 16.0. The first-order valence-electron chi connectivity index (χ1n) is 8.03. The molecular weight excluding hydrogens is 402 g/mol. The molecule has 1 heterocycles. The highest BCUT2D eigenvalue weighted by atomic mass is 32.2. The van der Waals surface area contributed by atoms with Crippen LogP contribution in [0.3, 0.4) is 0 Å². The van der Waals surface area contributed by atoms with Gasteiger partial charge in [-0.25, -0.2) is 8.42 Å². The third-order valence-electron chi connectivity index (χ3n) is 3.74. The Morgan fingerprint density at radius 2 is 1.82 bits per heavy atom. The molecule has 0 saturated heterocycles. The number of rotatable bonds is 7. The highest BCUT2D eigenvalue weighted by molar-refractivity contribution is 7.92. The smallest absolute Gasteiger partial charge is 0.270 e. The molecule has 0 unspecified atom stereocenters. The second-order valence-corrected chi connectivity index (χ2v) is 8.41. The van der Waals surface area contributed by atoms with Gasteiger partial charge in [0.25, 0.3) is 21.6 Å². The number of carbonyl (C=O) groups excluding carboxylic acids is 1. The first-order valence-corrected chi connectivity index (χ1v) is 10.4. The monoisotopic (exact) mass is 417 g/mol. The maximum Gasteiger partial charge on any atom is 0.270 e. The van der Waals surface area contributed by atoms with E-state index in [2.05, 4.69) is 10.0 Å². The first-order chi connectivity index (χ1) is 13.3. The van der Waals surface area contributed by atoms with Crippen molar-refractivity contribution < 1.29 is 18.1 Å². The van der Waals surface area contributed by atoms with E-state index >= 15 is 0 Å². The van der Waals surface area contributed by atoms with Gasteiger partial charge in [-0.2, -0.15) is 0 Å². The predicted octanol–water partition coefficient (Wildman–Crippen LogP) is 3.39. The molecule has 0 spiro atoms. The second-order valence-electron chi connectivity index (χ2n) is 5.70. The minimum Gasteiger partial charge on any atom is -0.347 e. The van der Waals surface area contributed by atoms with Gasteiger partial charge in [0.15, 0.2) is 0 Å². The summed E-state index contributed by atoms with van der Waals surface area (Å²) in [6.07, 6.45) is 0. The topological polar surface area (TPSA) is 118 Å². The van der Waals surface area contributed by atoms with Crippen LogP contribution in [0, 0.1) is 10.1 Å². The Bertz CT molecular complexity index is 1090. The Morgan fingerprint density at radius 3 is 2.46 bits per heavy atom. The van der Waals surface area contributed by atoms with E-state index in [1.807, 2.05) is 17.5 Å². The van der Waals surface area contributed by atoms with E-state index in [1.165, 1.54) is 53.8 Å². The van der Waals surface area contributed by atoms with Crippen LogP contribution in [0.25, 0.3) is 0 Å². The molecule has 2 aromatic carbocycles. The van der Waals surface area contributed by atoms with Gasteiger partial charge in [0, 0.05) is 28.3 Å². The fourth-order valence-electron chi connectivity index (χ4n) is 2.35. The maximum atomic E-state index is 12.4. The molecule has 2 N–H and O–H groups in total. The summed E-state index contributed by atoms with van der Waals surface area (Å²) in [5.74, 6) is -0.276. The van der Waals surface area contributed by atoms with Crippen molar-refractivity contribution in [3.8, 4) is 0 Å². The fourth-order valence-corrected chi connectivity index (χ4v) is 4.09. The standard InChI is InChI=1S/C18H15N3O5S2/c22-18(19-12-16-4-2-10-27-16)13-6-8-14(9-7-13)20-28(25,26)17-5-1-3-15(11-17)21(23)24/h1-11,20H,12H2,(H,19,22). The third-order valence-corrected chi connectivity index (χ3v) is 6.00. The first kappa shape index (κ1) is 19.5. The number of benzene rings is 2. The summed E-state index contributed by atoms with van der Waals surface area (Å²) in [6, 6.07) is 14.5. The molecule has 144 valence electrons. The summed E-state index contributed by atoms with van der Waals surface area (Å²) in [5, 5.41) is 15.5. The molecule has 0 saturated carbocycles. The lowest BCUT2D eigenvalue weighted by atomic mass is 10.2. The van der Waals surface area contributed by atoms with Crippen molar-refractivity contribution in [1.82, 2.24) is 5.32 Å². The summed E-state index contributed by atoms with van der Waals surface area (Å²) in [5.41, 5.74) is 0.303. The number of carbonyl (C=O) groups is 1. The molecule has 1 amide bonds. The van der Waals surface area contributed by atoms with Crippen LogP contribution in [0.1, 0.15) is 15.2 Å². The van der Waals surface area contributed by atoms with Crippen LogP contribution >= 0.6 is 11.3 Å². The highest BCUT2D eigenvalue weighted by Gasteiger charge is 2.18. The summed E-state index contributed by atoms with van der Waals surface area (Å²) in [6.45, 7) is 0.414. The fraction of sp³-hybridized carbons (Fsp3) is 0.0556. The molecule has 0 aliphatic heterocycles. The Hall–Kier alpha value is -3.24. The van der Waals surface area contributed by atoms with Crippen molar-refractivity contribution in [3.63, 3.8) is 0 Å². The average Bonchev–Trinajstić information content (AvgIpc) is 3.20. The lowest BCUT2D eigenvalue weighted by molar-refractivity contribution is -0.385. The predicted molar refractivity (Wildman–Crippen MR) is 106 cm³/mol. The molecule has 0 radical (unpaired) electrons. The van der Waals surface area contributed by atoms with E-state index in [0.29, 0.717) is 12.1 Å². The Balaban J connectivity index is 1.68. The van der Waals surface area contributed by atoms with Gasteiger partial charge in [0.2, 0.25) is 0 Å². The minimum atomic E-state index is -4.00. The van der Waals surface area contributed by atoms with Crippen molar-refractivity contribution in [2.24, 2.45) is 0 Å². The van der Waals surface area contributed by atoms with Crippen molar-refractivity contribution in [2.45, 2.75) is 11.4 Å². The number of anilines is 1. The van der Waals surface area contributed by atoms with Crippen molar-refractivity contribution in [2.75, 3.05) is 4.72 Å². The van der Waals surface area contributed by atoms with Crippen LogP contribution < -0.4 is 10.0 Å². The summed E-state index contributed by atoms with van der Waals surface area (Å²) < 4.78 is 27.2. The number of nitro groups is 1. The van der Waals surface area contributed by atoms with Crippen molar-refractivity contribution in [1.29, 1.82) is 0 Å². The van der Waals surface area contributed by atoms with Gasteiger partial charge in [-0.05, 0) is 41.8 Å². The molecule has 3 aromatic rings. The van der Waals surface area contributed by atoms with E-state index in [-0.39, 0.29) is 22.2 Å². The summed E-state index contributed by atoms with van der Waals surface area (Å²) >= 11 is 1.54. The SMILES string of the molecule is O=C(NCc1cccs1)c1ccc(NS(=O)(=O)c2cccc([N+](=O)[O-])c2)cc1. The lowest BCUT2D eigenvalue weighted by Gasteiger charge is -2.09. The Kier molecular flexibility index (Phi) is 5.71. The average molecular weight is 417 g/mol. The molecule has 0 aliphatic carbocycles. The maximum absolute atomic E-state index is 12.4. The van der Waals surface area contributed by atoms with E-state index in [4.69, 9.17) is 0 Å². The third kappa shape index (κ3) is 4.72. The van der Waals surface area contributed by atoms with E-state index in [1.54, 1.807) is 0 Å².